The Hall–Kier alpha value is -2.25. The molecule has 1 aromatic carbocycles. The van der Waals surface area contributed by atoms with Gasteiger partial charge >= 0.3 is 0 Å². The lowest BCUT2D eigenvalue weighted by atomic mass is 10.0. The third-order valence-corrected chi connectivity index (χ3v) is 4.34. The maximum absolute atomic E-state index is 12.9. The molecule has 1 aliphatic heterocycles. The van der Waals surface area contributed by atoms with Gasteiger partial charge in [0.05, 0.1) is 12.3 Å². The molecule has 0 radical (unpaired) electrons. The fourth-order valence-corrected chi connectivity index (χ4v) is 2.98. The predicted octanol–water partition coefficient (Wildman–Crippen LogP) is 0.817. The number of benzene rings is 1. The minimum Gasteiger partial charge on any atom is -0.395 e. The number of aryl methyl sites for hydroxylation is 1. The number of nitrogens with two attached hydrogens (primary N) is 1. The number of nitrogens with zero attached hydrogens (tertiary/aromatic N) is 4. The topological polar surface area (TPSA) is 97.3 Å². The van der Waals surface area contributed by atoms with E-state index >= 15 is 0 Å². The number of aliphatic hydroxyl groups excluding tert-OH is 1. The van der Waals surface area contributed by atoms with E-state index in [2.05, 4.69) is 10.3 Å². The van der Waals surface area contributed by atoms with E-state index in [1.165, 1.54) is 5.56 Å². The number of hydrogen-bond donors (Lipinski definition) is 2. The summed E-state index contributed by atoms with van der Waals surface area (Å²) in [6, 6.07) is 7.27. The Morgan fingerprint density at radius 1 is 1.38 bits per heavy atom. The van der Waals surface area contributed by atoms with Crippen LogP contribution in [0.1, 0.15) is 30.1 Å². The van der Waals surface area contributed by atoms with Crippen molar-refractivity contribution in [3.8, 4) is 0 Å². The van der Waals surface area contributed by atoms with Crippen LogP contribution in [-0.2, 0) is 11.2 Å². The number of aromatic nitrogens is 3. The van der Waals surface area contributed by atoms with Crippen LogP contribution in [-0.4, -0.2) is 45.2 Å². The highest BCUT2D eigenvalue weighted by atomic mass is 16.3. The summed E-state index contributed by atoms with van der Waals surface area (Å²) in [5.41, 5.74) is 8.50. The van der Waals surface area contributed by atoms with E-state index in [4.69, 9.17) is 10.8 Å². The Morgan fingerprint density at radius 3 is 2.83 bits per heavy atom. The van der Waals surface area contributed by atoms with E-state index in [-0.39, 0.29) is 24.6 Å². The number of carbonyl (C=O) groups excluding carboxylic acids is 1. The molecule has 1 aromatic heterocycles. The summed E-state index contributed by atoms with van der Waals surface area (Å²) in [4.78, 5) is 14.7. The molecule has 2 unspecified atom stereocenters. The van der Waals surface area contributed by atoms with Gasteiger partial charge in [0.15, 0.2) is 0 Å². The fraction of sp³-hybridized carbons (Fsp3) is 0.471. The number of piperidine rings is 1. The Labute approximate surface area is 141 Å². The molecule has 2 aromatic rings. The van der Waals surface area contributed by atoms with Crippen molar-refractivity contribution in [2.45, 2.75) is 38.3 Å². The first-order valence-corrected chi connectivity index (χ1v) is 8.23. The van der Waals surface area contributed by atoms with Crippen molar-refractivity contribution in [2.75, 3.05) is 18.1 Å². The predicted molar refractivity (Wildman–Crippen MR) is 90.6 cm³/mol. The van der Waals surface area contributed by atoms with Gasteiger partial charge < -0.3 is 15.7 Å². The second-order valence-electron chi connectivity index (χ2n) is 6.32. The van der Waals surface area contributed by atoms with Gasteiger partial charge in [-0.3, -0.25) is 4.79 Å². The molecule has 7 heteroatoms. The standard InChI is InChI=1S/C17H23N5O2/c1-12-4-6-15(7-5-12)21-8-2-3-16(17(21)24)22-10-14(19-20-22)9-13(18)11-23/h4-7,10,13,16,23H,2-3,8-9,11,18H2,1H3. The number of amides is 1. The zero-order valence-electron chi connectivity index (χ0n) is 13.8. The van der Waals surface area contributed by atoms with Crippen LogP contribution in [0.5, 0.6) is 0 Å². The van der Waals surface area contributed by atoms with E-state index in [9.17, 15) is 4.79 Å². The normalized spacial score (nSPS) is 19.5. The summed E-state index contributed by atoms with van der Waals surface area (Å²) in [7, 11) is 0. The van der Waals surface area contributed by atoms with E-state index in [1.54, 1.807) is 10.9 Å². The number of aliphatic hydroxyl groups is 1. The maximum Gasteiger partial charge on any atom is 0.251 e. The number of hydrogen-bond acceptors (Lipinski definition) is 5. The molecule has 3 N–H and O–H groups in total. The Bertz CT molecular complexity index is 697. The number of anilines is 1. The Balaban J connectivity index is 1.76. The van der Waals surface area contributed by atoms with Gasteiger partial charge in [-0.1, -0.05) is 22.9 Å². The van der Waals surface area contributed by atoms with E-state index in [0.717, 1.165) is 25.1 Å². The molecule has 0 saturated carbocycles. The molecule has 0 bridgehead atoms. The van der Waals surface area contributed by atoms with Gasteiger partial charge in [-0.2, -0.15) is 0 Å². The summed E-state index contributed by atoms with van der Waals surface area (Å²) < 4.78 is 1.63. The average molecular weight is 329 g/mol. The van der Waals surface area contributed by atoms with Crippen molar-refractivity contribution in [2.24, 2.45) is 5.73 Å². The molecule has 24 heavy (non-hydrogen) atoms. The van der Waals surface area contributed by atoms with Crippen molar-refractivity contribution in [3.63, 3.8) is 0 Å². The first-order chi connectivity index (χ1) is 11.6. The highest BCUT2D eigenvalue weighted by molar-refractivity contribution is 5.96. The lowest BCUT2D eigenvalue weighted by Crippen LogP contribution is -2.42. The van der Waals surface area contributed by atoms with Gasteiger partial charge in [0.1, 0.15) is 6.04 Å². The lowest BCUT2D eigenvalue weighted by Gasteiger charge is -2.32. The van der Waals surface area contributed by atoms with Gasteiger partial charge in [-0.25, -0.2) is 4.68 Å². The van der Waals surface area contributed by atoms with Crippen LogP contribution in [0, 0.1) is 6.92 Å². The second kappa shape index (κ2) is 7.11. The quantitative estimate of drug-likeness (QED) is 0.846. The molecule has 1 aliphatic rings. The van der Waals surface area contributed by atoms with Gasteiger partial charge in [-0.05, 0) is 31.9 Å². The molecular formula is C17H23N5O2. The van der Waals surface area contributed by atoms with Crippen molar-refractivity contribution in [1.29, 1.82) is 0 Å². The summed E-state index contributed by atoms with van der Waals surface area (Å²) in [5.74, 6) is 0.0352. The minimum absolute atomic E-state index is 0.0352. The monoisotopic (exact) mass is 329 g/mol. The SMILES string of the molecule is Cc1ccc(N2CCCC(n3cc(CC(N)CO)nn3)C2=O)cc1. The summed E-state index contributed by atoms with van der Waals surface area (Å²) in [6.07, 6.45) is 3.86. The van der Waals surface area contributed by atoms with Crippen molar-refractivity contribution < 1.29 is 9.90 Å². The molecule has 1 saturated heterocycles. The maximum atomic E-state index is 12.9. The third kappa shape index (κ3) is 3.47. The molecule has 0 aliphatic carbocycles. The molecular weight excluding hydrogens is 306 g/mol. The summed E-state index contributed by atoms with van der Waals surface area (Å²) in [5, 5.41) is 17.2. The lowest BCUT2D eigenvalue weighted by molar-refractivity contribution is -0.123. The molecule has 2 heterocycles. The van der Waals surface area contributed by atoms with Crippen molar-refractivity contribution in [1.82, 2.24) is 15.0 Å². The minimum atomic E-state index is -0.360. The van der Waals surface area contributed by atoms with Gasteiger partial charge in [0.25, 0.3) is 5.91 Å². The van der Waals surface area contributed by atoms with Gasteiger partial charge in [-0.15, -0.1) is 5.10 Å². The average Bonchev–Trinajstić information content (AvgIpc) is 3.04. The highest BCUT2D eigenvalue weighted by Crippen LogP contribution is 2.27. The van der Waals surface area contributed by atoms with E-state index < -0.39 is 0 Å². The smallest absolute Gasteiger partial charge is 0.251 e. The van der Waals surface area contributed by atoms with Gasteiger partial charge in [0, 0.05) is 30.9 Å². The van der Waals surface area contributed by atoms with Crippen LogP contribution in [0.25, 0.3) is 0 Å². The van der Waals surface area contributed by atoms with E-state index in [1.807, 2.05) is 36.1 Å². The van der Waals surface area contributed by atoms with E-state index in [0.29, 0.717) is 12.1 Å². The van der Waals surface area contributed by atoms with Crippen molar-refractivity contribution in [3.05, 3.63) is 41.7 Å². The van der Waals surface area contributed by atoms with Gasteiger partial charge in [0.2, 0.25) is 0 Å². The van der Waals surface area contributed by atoms with Crippen LogP contribution in [0.15, 0.2) is 30.5 Å². The molecule has 0 spiro atoms. The summed E-state index contributed by atoms with van der Waals surface area (Å²) in [6.45, 7) is 2.64. The third-order valence-electron chi connectivity index (χ3n) is 4.34. The largest absolute Gasteiger partial charge is 0.395 e. The number of rotatable bonds is 5. The molecule has 1 amide bonds. The molecule has 3 rings (SSSR count). The van der Waals surface area contributed by atoms with Crippen LogP contribution in [0.3, 0.4) is 0 Å². The summed E-state index contributed by atoms with van der Waals surface area (Å²) >= 11 is 0. The molecule has 128 valence electrons. The second-order valence-corrected chi connectivity index (χ2v) is 6.32. The molecule has 1 fully saturated rings. The Morgan fingerprint density at radius 2 is 2.12 bits per heavy atom. The zero-order valence-corrected chi connectivity index (χ0v) is 13.8. The Kier molecular flexibility index (Phi) is 4.92. The zero-order chi connectivity index (χ0) is 17.1. The van der Waals surface area contributed by atoms with Crippen LogP contribution < -0.4 is 10.6 Å². The van der Waals surface area contributed by atoms with Crippen LogP contribution >= 0.6 is 0 Å². The molecule has 7 nitrogen and oxygen atoms in total. The first kappa shape index (κ1) is 16.6. The van der Waals surface area contributed by atoms with Crippen LogP contribution in [0.4, 0.5) is 5.69 Å². The number of carbonyl (C=O) groups is 1. The fourth-order valence-electron chi connectivity index (χ4n) is 2.98. The first-order valence-electron chi connectivity index (χ1n) is 8.23. The van der Waals surface area contributed by atoms with Crippen molar-refractivity contribution >= 4 is 11.6 Å². The highest BCUT2D eigenvalue weighted by Gasteiger charge is 2.31. The molecule has 2 atom stereocenters. The van der Waals surface area contributed by atoms with Crippen LogP contribution in [0.2, 0.25) is 0 Å².